The lowest BCUT2D eigenvalue weighted by Crippen LogP contribution is -2.42. The van der Waals surface area contributed by atoms with Crippen LogP contribution in [0.2, 0.25) is 0 Å². The third kappa shape index (κ3) is 3.66. The standard InChI is InChI=1S/C5H12N2O3S/c6-11(8,9)7-5-3-1-2-4-10-5/h5,7H,1-4H2,(H2,6,8,9). The lowest BCUT2D eigenvalue weighted by atomic mass is 10.2. The van der Waals surface area contributed by atoms with Gasteiger partial charge in [-0.2, -0.15) is 13.1 Å². The molecule has 1 heterocycles. The minimum atomic E-state index is -3.60. The molecular formula is C5H12N2O3S. The first kappa shape index (κ1) is 8.92. The molecule has 0 amide bonds. The van der Waals surface area contributed by atoms with E-state index in [2.05, 4.69) is 4.72 Å². The van der Waals surface area contributed by atoms with Crippen LogP contribution in [0.3, 0.4) is 0 Å². The molecule has 5 nitrogen and oxygen atoms in total. The Labute approximate surface area is 66.1 Å². The van der Waals surface area contributed by atoms with Gasteiger partial charge in [0.25, 0.3) is 10.2 Å². The molecule has 0 aliphatic carbocycles. The summed E-state index contributed by atoms with van der Waals surface area (Å²) in [6.45, 7) is 0.604. The van der Waals surface area contributed by atoms with Crippen LogP contribution in [-0.4, -0.2) is 21.3 Å². The topological polar surface area (TPSA) is 81.4 Å². The van der Waals surface area contributed by atoms with Crippen molar-refractivity contribution in [1.82, 2.24) is 4.72 Å². The molecule has 1 aliphatic rings. The third-order valence-corrected chi connectivity index (χ3v) is 2.07. The number of ether oxygens (including phenoxy) is 1. The quantitative estimate of drug-likeness (QED) is 0.590. The molecule has 1 atom stereocenters. The summed E-state index contributed by atoms with van der Waals surface area (Å²) in [7, 11) is -3.60. The van der Waals surface area contributed by atoms with Crippen LogP contribution in [0.15, 0.2) is 0 Å². The Kier molecular flexibility index (Phi) is 2.83. The Morgan fingerprint density at radius 1 is 1.45 bits per heavy atom. The first-order chi connectivity index (χ1) is 5.08. The van der Waals surface area contributed by atoms with Gasteiger partial charge >= 0.3 is 0 Å². The number of nitrogens with two attached hydrogens (primary N) is 1. The van der Waals surface area contributed by atoms with E-state index in [9.17, 15) is 8.42 Å². The summed E-state index contributed by atoms with van der Waals surface area (Å²) in [4.78, 5) is 0. The van der Waals surface area contributed by atoms with Crippen molar-refractivity contribution in [3.05, 3.63) is 0 Å². The summed E-state index contributed by atoms with van der Waals surface area (Å²) < 4.78 is 28.2. The average molecular weight is 180 g/mol. The van der Waals surface area contributed by atoms with Crippen molar-refractivity contribution in [2.45, 2.75) is 25.5 Å². The minimum absolute atomic E-state index is 0.418. The summed E-state index contributed by atoms with van der Waals surface area (Å²) in [6, 6.07) is 0. The molecule has 11 heavy (non-hydrogen) atoms. The highest BCUT2D eigenvalue weighted by Crippen LogP contribution is 2.10. The van der Waals surface area contributed by atoms with Crippen molar-refractivity contribution in [1.29, 1.82) is 0 Å². The van der Waals surface area contributed by atoms with E-state index in [0.717, 1.165) is 12.8 Å². The highest BCUT2D eigenvalue weighted by molar-refractivity contribution is 7.87. The lowest BCUT2D eigenvalue weighted by molar-refractivity contribution is 0.00956. The molecule has 1 fully saturated rings. The van der Waals surface area contributed by atoms with Crippen LogP contribution in [-0.2, 0) is 14.9 Å². The normalized spacial score (nSPS) is 26.8. The molecule has 0 aromatic heterocycles. The van der Waals surface area contributed by atoms with E-state index in [1.165, 1.54) is 0 Å². The van der Waals surface area contributed by atoms with E-state index in [0.29, 0.717) is 13.0 Å². The second-order valence-corrected chi connectivity index (χ2v) is 3.84. The predicted molar refractivity (Wildman–Crippen MR) is 39.8 cm³/mol. The van der Waals surface area contributed by atoms with Crippen molar-refractivity contribution in [2.24, 2.45) is 5.14 Å². The molecule has 6 heteroatoms. The monoisotopic (exact) mass is 180 g/mol. The van der Waals surface area contributed by atoms with Crippen LogP contribution in [0.4, 0.5) is 0 Å². The second kappa shape index (κ2) is 3.48. The Morgan fingerprint density at radius 3 is 2.64 bits per heavy atom. The molecule has 0 saturated carbocycles. The van der Waals surface area contributed by atoms with Crippen molar-refractivity contribution in [2.75, 3.05) is 6.61 Å². The first-order valence-corrected chi connectivity index (χ1v) is 5.04. The van der Waals surface area contributed by atoms with Gasteiger partial charge in [-0.15, -0.1) is 0 Å². The maximum atomic E-state index is 10.5. The summed E-state index contributed by atoms with van der Waals surface area (Å²) in [5, 5.41) is 4.75. The molecule has 66 valence electrons. The van der Waals surface area contributed by atoms with Crippen LogP contribution in [0.5, 0.6) is 0 Å². The van der Waals surface area contributed by atoms with E-state index < -0.39 is 16.4 Å². The minimum Gasteiger partial charge on any atom is -0.362 e. The van der Waals surface area contributed by atoms with Gasteiger partial charge in [0.05, 0.1) is 0 Å². The zero-order valence-electron chi connectivity index (χ0n) is 6.12. The first-order valence-electron chi connectivity index (χ1n) is 3.49. The number of nitrogens with one attached hydrogen (secondary N) is 1. The number of hydrogen-bond donors (Lipinski definition) is 2. The predicted octanol–water partition coefficient (Wildman–Crippen LogP) is -0.694. The molecule has 0 aromatic carbocycles. The molecule has 1 rings (SSSR count). The molecule has 1 unspecified atom stereocenters. The third-order valence-electron chi connectivity index (χ3n) is 1.48. The highest BCUT2D eigenvalue weighted by atomic mass is 32.2. The Hall–Kier alpha value is -0.170. The van der Waals surface area contributed by atoms with Crippen molar-refractivity contribution in [3.8, 4) is 0 Å². The fourth-order valence-corrected chi connectivity index (χ4v) is 1.57. The van der Waals surface area contributed by atoms with Crippen LogP contribution in [0.1, 0.15) is 19.3 Å². The summed E-state index contributed by atoms with van der Waals surface area (Å²) in [5.41, 5.74) is 0. The Balaban J connectivity index is 2.36. The van der Waals surface area contributed by atoms with Gasteiger partial charge in [-0.05, 0) is 19.3 Å². The van der Waals surface area contributed by atoms with Crippen LogP contribution >= 0.6 is 0 Å². The van der Waals surface area contributed by atoms with Gasteiger partial charge < -0.3 is 4.74 Å². The van der Waals surface area contributed by atoms with Gasteiger partial charge in [-0.1, -0.05) is 0 Å². The van der Waals surface area contributed by atoms with Crippen LogP contribution in [0, 0.1) is 0 Å². The summed E-state index contributed by atoms with van der Waals surface area (Å²) in [5.74, 6) is 0. The van der Waals surface area contributed by atoms with Crippen LogP contribution in [0.25, 0.3) is 0 Å². The molecule has 0 radical (unpaired) electrons. The molecule has 0 bridgehead atoms. The van der Waals surface area contributed by atoms with Gasteiger partial charge in [0.1, 0.15) is 6.23 Å². The van der Waals surface area contributed by atoms with Crippen molar-refractivity contribution >= 4 is 10.2 Å². The van der Waals surface area contributed by atoms with E-state index >= 15 is 0 Å². The molecule has 3 N–H and O–H groups in total. The lowest BCUT2D eigenvalue weighted by Gasteiger charge is -2.21. The molecule has 1 saturated heterocycles. The zero-order valence-corrected chi connectivity index (χ0v) is 6.93. The molecule has 1 aliphatic heterocycles. The second-order valence-electron chi connectivity index (χ2n) is 2.52. The van der Waals surface area contributed by atoms with E-state index in [1.807, 2.05) is 0 Å². The summed E-state index contributed by atoms with van der Waals surface area (Å²) in [6.07, 6.45) is 2.26. The molecular weight excluding hydrogens is 168 g/mol. The average Bonchev–Trinajstić information content (AvgIpc) is 1.85. The van der Waals surface area contributed by atoms with Crippen LogP contribution < -0.4 is 9.86 Å². The highest BCUT2D eigenvalue weighted by Gasteiger charge is 2.17. The molecule has 0 spiro atoms. The van der Waals surface area contributed by atoms with E-state index in [4.69, 9.17) is 9.88 Å². The van der Waals surface area contributed by atoms with Crippen molar-refractivity contribution < 1.29 is 13.2 Å². The largest absolute Gasteiger partial charge is 0.362 e. The van der Waals surface area contributed by atoms with Gasteiger partial charge in [-0.25, -0.2) is 5.14 Å². The van der Waals surface area contributed by atoms with E-state index in [1.54, 1.807) is 0 Å². The smallest absolute Gasteiger partial charge is 0.276 e. The maximum absolute atomic E-state index is 10.5. The number of hydrogen-bond acceptors (Lipinski definition) is 3. The number of rotatable bonds is 2. The maximum Gasteiger partial charge on any atom is 0.276 e. The van der Waals surface area contributed by atoms with Gasteiger partial charge in [0.2, 0.25) is 0 Å². The Bertz CT molecular complexity index is 208. The Morgan fingerprint density at radius 2 is 2.18 bits per heavy atom. The van der Waals surface area contributed by atoms with Gasteiger partial charge in [-0.3, -0.25) is 0 Å². The summed E-state index contributed by atoms with van der Waals surface area (Å²) >= 11 is 0. The van der Waals surface area contributed by atoms with E-state index in [-0.39, 0.29) is 0 Å². The fourth-order valence-electron chi connectivity index (χ4n) is 1.02. The van der Waals surface area contributed by atoms with Gasteiger partial charge in [0, 0.05) is 6.61 Å². The fraction of sp³-hybridized carbons (Fsp3) is 1.00. The molecule has 0 aromatic rings. The zero-order chi connectivity index (χ0) is 8.32. The van der Waals surface area contributed by atoms with Gasteiger partial charge in [0.15, 0.2) is 0 Å². The van der Waals surface area contributed by atoms with Crippen molar-refractivity contribution in [3.63, 3.8) is 0 Å². The SMILES string of the molecule is NS(=O)(=O)NC1CCCCO1.